The SMILES string of the molecule is COc1ccc(NC(=O)NCc2ccc([C@H]3C[C@@]4(C)[C@@H](CC[C@@]4(O)C(F)(F)C(F)(F)F)[C@@H]4CC[C@@]5(O)CC6(CCC5=C43)OCC(C)(C)CO6)cc2)cc1. The van der Waals surface area contributed by atoms with E-state index in [1.54, 1.807) is 55.6 Å². The standard InChI is InChI=1S/C40H49F5N2O6/c1-34(2)22-52-37(53-23-34)17-14-31-32-28(13-16-36(31,49)21-37)30-15-18-38(50,39(41,42)40(43,44)45)35(30,3)19-29(32)25-7-5-24(6-8-25)20-46-33(48)47-26-9-11-27(51-4)12-10-26/h5-12,28-30,49-50H,13-23H2,1-4H3,(H2,46,47,48)/t28-,29+,30-,35-,36+,38-/m0/s1. The van der Waals surface area contributed by atoms with Crippen molar-refractivity contribution in [3.63, 3.8) is 0 Å². The molecule has 7 rings (SSSR count). The molecule has 5 aliphatic rings. The summed E-state index contributed by atoms with van der Waals surface area (Å²) < 4.78 is 90.7. The smallest absolute Gasteiger partial charge is 0.456 e. The van der Waals surface area contributed by atoms with Gasteiger partial charge in [0.15, 0.2) is 5.79 Å². The lowest BCUT2D eigenvalue weighted by Gasteiger charge is -2.59. The molecule has 3 saturated carbocycles. The van der Waals surface area contributed by atoms with Crippen LogP contribution >= 0.6 is 0 Å². The van der Waals surface area contributed by atoms with Crippen molar-refractivity contribution < 1.29 is 51.2 Å². The van der Waals surface area contributed by atoms with E-state index >= 15 is 8.78 Å². The zero-order chi connectivity index (χ0) is 38.2. The Morgan fingerprint density at radius 3 is 2.21 bits per heavy atom. The molecule has 53 heavy (non-hydrogen) atoms. The number of urea groups is 1. The number of anilines is 1. The summed E-state index contributed by atoms with van der Waals surface area (Å²) in [7, 11) is 1.55. The van der Waals surface area contributed by atoms with Gasteiger partial charge in [-0.05, 0) is 91.3 Å². The Labute approximate surface area is 306 Å². The number of methoxy groups -OCH3 is 1. The third kappa shape index (κ3) is 6.33. The van der Waals surface area contributed by atoms with Crippen molar-refractivity contribution in [2.45, 2.75) is 114 Å². The van der Waals surface area contributed by atoms with Crippen LogP contribution in [-0.4, -0.2) is 65.7 Å². The lowest BCUT2D eigenvalue weighted by atomic mass is 9.49. The molecule has 2 amide bonds. The first-order chi connectivity index (χ1) is 24.8. The van der Waals surface area contributed by atoms with Crippen LogP contribution in [0.1, 0.15) is 89.2 Å². The molecule has 1 spiro atoms. The number of nitrogens with one attached hydrogen (secondary N) is 2. The van der Waals surface area contributed by atoms with Gasteiger partial charge in [0.25, 0.3) is 0 Å². The molecule has 6 atom stereocenters. The topological polar surface area (TPSA) is 109 Å². The Morgan fingerprint density at radius 2 is 1.58 bits per heavy atom. The van der Waals surface area contributed by atoms with E-state index in [2.05, 4.69) is 10.6 Å². The summed E-state index contributed by atoms with van der Waals surface area (Å²) in [6, 6.07) is 13.6. The molecule has 4 aliphatic carbocycles. The molecule has 0 bridgehead atoms. The number of aliphatic hydroxyl groups is 2. The van der Waals surface area contributed by atoms with Gasteiger partial charge >= 0.3 is 18.1 Å². The maximum atomic E-state index is 15.5. The van der Waals surface area contributed by atoms with Crippen LogP contribution in [0.3, 0.4) is 0 Å². The van der Waals surface area contributed by atoms with Gasteiger partial charge in [0.05, 0.1) is 25.9 Å². The fraction of sp³-hybridized carbons (Fsp3) is 0.625. The summed E-state index contributed by atoms with van der Waals surface area (Å²) in [5, 5.41) is 29.6. The molecular weight excluding hydrogens is 699 g/mol. The first-order valence-corrected chi connectivity index (χ1v) is 18.4. The summed E-state index contributed by atoms with van der Waals surface area (Å²) in [6.07, 6.45) is -4.99. The molecule has 290 valence electrons. The molecule has 4 fully saturated rings. The highest BCUT2D eigenvalue weighted by Gasteiger charge is 2.79. The third-order valence-corrected chi connectivity index (χ3v) is 13.1. The normalized spacial score (nSPS) is 33.5. The van der Waals surface area contributed by atoms with Crippen LogP contribution in [0, 0.1) is 22.7 Å². The zero-order valence-electron chi connectivity index (χ0n) is 30.5. The largest absolute Gasteiger partial charge is 0.497 e. The van der Waals surface area contributed by atoms with Gasteiger partial charge < -0.3 is 35.1 Å². The van der Waals surface area contributed by atoms with Gasteiger partial charge in [0.2, 0.25) is 0 Å². The predicted octanol–water partition coefficient (Wildman–Crippen LogP) is 8.24. The second-order valence-electron chi connectivity index (χ2n) is 17.0. The quantitative estimate of drug-likeness (QED) is 0.175. The number of carbonyl (C=O) groups is 1. The fourth-order valence-electron chi connectivity index (χ4n) is 10.2. The molecule has 13 heteroatoms. The molecule has 2 aromatic rings. The summed E-state index contributed by atoms with van der Waals surface area (Å²) in [4.78, 5) is 12.6. The van der Waals surface area contributed by atoms with Crippen LogP contribution in [0.4, 0.5) is 32.4 Å². The molecule has 0 aromatic heterocycles. The maximum Gasteiger partial charge on any atom is 0.456 e. The first-order valence-electron chi connectivity index (χ1n) is 18.4. The number of ether oxygens (including phenoxy) is 3. The van der Waals surface area contributed by atoms with Gasteiger partial charge in [-0.2, -0.15) is 22.0 Å². The van der Waals surface area contributed by atoms with Crippen LogP contribution in [-0.2, 0) is 16.0 Å². The number of amides is 2. The minimum absolute atomic E-state index is 0.0136. The van der Waals surface area contributed by atoms with E-state index in [0.29, 0.717) is 49.5 Å². The van der Waals surface area contributed by atoms with E-state index in [0.717, 1.165) is 16.7 Å². The van der Waals surface area contributed by atoms with E-state index in [1.807, 2.05) is 13.8 Å². The summed E-state index contributed by atoms with van der Waals surface area (Å²) in [5.41, 5.74) is -2.89. The lowest BCUT2D eigenvalue weighted by molar-refractivity contribution is -0.362. The van der Waals surface area contributed by atoms with Gasteiger partial charge in [0, 0.05) is 41.8 Å². The number of carbonyl (C=O) groups excluding carboxylic acids is 1. The second-order valence-corrected chi connectivity index (χ2v) is 17.0. The summed E-state index contributed by atoms with van der Waals surface area (Å²) in [6.45, 7) is 6.60. The van der Waals surface area contributed by atoms with Crippen molar-refractivity contribution in [1.82, 2.24) is 5.32 Å². The van der Waals surface area contributed by atoms with Gasteiger partial charge in [-0.25, -0.2) is 4.79 Å². The highest BCUT2D eigenvalue weighted by Crippen LogP contribution is 2.71. The van der Waals surface area contributed by atoms with E-state index < -0.39 is 64.7 Å². The maximum absolute atomic E-state index is 15.5. The van der Waals surface area contributed by atoms with Crippen LogP contribution in [0.15, 0.2) is 59.7 Å². The average Bonchev–Trinajstić information content (AvgIpc) is 3.39. The molecule has 1 heterocycles. The Morgan fingerprint density at radius 1 is 0.925 bits per heavy atom. The van der Waals surface area contributed by atoms with Crippen molar-refractivity contribution in [2.75, 3.05) is 25.6 Å². The Kier molecular flexibility index (Phi) is 9.27. The Balaban J connectivity index is 1.20. The first kappa shape index (κ1) is 38.0. The van der Waals surface area contributed by atoms with Gasteiger partial charge in [-0.3, -0.25) is 0 Å². The van der Waals surface area contributed by atoms with Crippen molar-refractivity contribution in [3.05, 3.63) is 70.8 Å². The second kappa shape index (κ2) is 12.9. The minimum Gasteiger partial charge on any atom is -0.497 e. The van der Waals surface area contributed by atoms with Gasteiger partial charge in [-0.1, -0.05) is 50.6 Å². The number of fused-ring (bicyclic) bond motifs is 4. The van der Waals surface area contributed by atoms with Crippen LogP contribution < -0.4 is 15.4 Å². The monoisotopic (exact) mass is 748 g/mol. The minimum atomic E-state index is -5.93. The van der Waals surface area contributed by atoms with Crippen LogP contribution in [0.25, 0.3) is 0 Å². The molecule has 1 saturated heterocycles. The van der Waals surface area contributed by atoms with Crippen LogP contribution in [0.2, 0.25) is 0 Å². The number of rotatable bonds is 6. The van der Waals surface area contributed by atoms with Crippen LogP contribution in [0.5, 0.6) is 5.75 Å². The summed E-state index contributed by atoms with van der Waals surface area (Å²) in [5.74, 6) is -7.33. The van der Waals surface area contributed by atoms with E-state index in [4.69, 9.17) is 14.2 Å². The fourth-order valence-corrected chi connectivity index (χ4v) is 10.2. The molecular formula is C40H49F5N2O6. The third-order valence-electron chi connectivity index (χ3n) is 13.1. The van der Waals surface area contributed by atoms with Gasteiger partial charge in [0.1, 0.15) is 11.4 Å². The highest BCUT2D eigenvalue weighted by molar-refractivity contribution is 5.89. The zero-order valence-corrected chi connectivity index (χ0v) is 30.5. The number of halogens is 5. The highest BCUT2D eigenvalue weighted by atomic mass is 19.4. The van der Waals surface area contributed by atoms with Crippen molar-refractivity contribution in [3.8, 4) is 5.75 Å². The van der Waals surface area contributed by atoms with E-state index in [1.165, 1.54) is 6.92 Å². The van der Waals surface area contributed by atoms with Gasteiger partial charge in [-0.15, -0.1) is 0 Å². The lowest BCUT2D eigenvalue weighted by Crippen LogP contribution is -2.65. The molecule has 1 aliphatic heterocycles. The van der Waals surface area contributed by atoms with E-state index in [9.17, 15) is 28.2 Å². The van der Waals surface area contributed by atoms with Crippen molar-refractivity contribution in [2.24, 2.45) is 22.7 Å². The number of benzene rings is 2. The number of hydrogen-bond donors (Lipinski definition) is 4. The molecule has 8 nitrogen and oxygen atoms in total. The average molecular weight is 749 g/mol. The van der Waals surface area contributed by atoms with Crippen molar-refractivity contribution in [1.29, 1.82) is 0 Å². The Bertz CT molecular complexity index is 1740. The molecule has 0 unspecified atom stereocenters. The van der Waals surface area contributed by atoms with E-state index in [-0.39, 0.29) is 37.6 Å². The predicted molar refractivity (Wildman–Crippen MR) is 186 cm³/mol. The number of alkyl halides is 5. The van der Waals surface area contributed by atoms with Crippen molar-refractivity contribution >= 4 is 11.7 Å². The molecule has 0 radical (unpaired) electrons. The number of allylic oxidation sites excluding steroid dienone is 1. The molecule has 4 N–H and O–H groups in total. The molecule has 2 aromatic carbocycles. The Hall–Kier alpha value is -3.26. The summed E-state index contributed by atoms with van der Waals surface area (Å²) >= 11 is 0. The number of hydrogen-bond acceptors (Lipinski definition) is 6.